The molecule has 7 nitrogen and oxygen atoms in total. The monoisotopic (exact) mass is 441 g/mol. The minimum atomic E-state index is -0.0662. The van der Waals surface area contributed by atoms with E-state index in [1.165, 1.54) is 5.56 Å². The molecule has 1 aliphatic rings. The van der Waals surface area contributed by atoms with Crippen molar-refractivity contribution >= 4 is 5.96 Å². The molecule has 1 atom stereocenters. The molecule has 0 radical (unpaired) electrons. The van der Waals surface area contributed by atoms with E-state index in [1.807, 2.05) is 43.3 Å². The Bertz CT molecular complexity index is 864. The third-order valence-corrected chi connectivity index (χ3v) is 5.92. The molecule has 1 saturated heterocycles. The summed E-state index contributed by atoms with van der Waals surface area (Å²) in [5.74, 6) is 3.07. The van der Waals surface area contributed by atoms with Crippen molar-refractivity contribution in [3.63, 3.8) is 0 Å². The van der Waals surface area contributed by atoms with Gasteiger partial charge in [0.2, 0.25) is 0 Å². The number of nitrogens with zero attached hydrogens (tertiary/aromatic N) is 1. The van der Waals surface area contributed by atoms with E-state index >= 15 is 0 Å². The van der Waals surface area contributed by atoms with Crippen LogP contribution in [0, 0.1) is 0 Å². The lowest BCUT2D eigenvalue weighted by Gasteiger charge is -2.38. The van der Waals surface area contributed by atoms with Gasteiger partial charge in [0.15, 0.2) is 17.5 Å². The summed E-state index contributed by atoms with van der Waals surface area (Å²) in [5, 5.41) is 6.90. The number of para-hydroxylation sites is 2. The predicted octanol–water partition coefficient (Wildman–Crippen LogP) is 3.38. The number of hydrogen-bond donors (Lipinski definition) is 2. The SMILES string of the molecule is CN=C(NCC(C)Oc1ccccc1OC)NCC1(c2ccc(OC)cc2)CCOCC1. The highest BCUT2D eigenvalue weighted by atomic mass is 16.5. The molecule has 2 aromatic rings. The molecule has 0 amide bonds. The lowest BCUT2D eigenvalue weighted by atomic mass is 9.74. The molecular formula is C25H35N3O4. The van der Waals surface area contributed by atoms with Crippen LogP contribution in [0.2, 0.25) is 0 Å². The maximum absolute atomic E-state index is 6.04. The minimum Gasteiger partial charge on any atom is -0.497 e. The summed E-state index contributed by atoms with van der Waals surface area (Å²) >= 11 is 0. The molecule has 2 N–H and O–H groups in total. The molecular weight excluding hydrogens is 406 g/mol. The molecule has 1 unspecified atom stereocenters. The summed E-state index contributed by atoms with van der Waals surface area (Å²) in [6.07, 6.45) is 1.84. The van der Waals surface area contributed by atoms with Crippen molar-refractivity contribution in [2.24, 2.45) is 4.99 Å². The largest absolute Gasteiger partial charge is 0.497 e. The Hall–Kier alpha value is -2.93. The average molecular weight is 442 g/mol. The van der Waals surface area contributed by atoms with Gasteiger partial charge in [0, 0.05) is 32.2 Å². The van der Waals surface area contributed by atoms with Crippen LogP contribution in [-0.4, -0.2) is 59.6 Å². The lowest BCUT2D eigenvalue weighted by molar-refractivity contribution is 0.0513. The van der Waals surface area contributed by atoms with Crippen LogP contribution in [0.15, 0.2) is 53.5 Å². The molecule has 0 spiro atoms. The first-order valence-electron chi connectivity index (χ1n) is 11.1. The lowest BCUT2D eigenvalue weighted by Crippen LogP contribution is -2.49. The molecule has 0 bridgehead atoms. The fourth-order valence-electron chi connectivity index (χ4n) is 3.96. The summed E-state index contributed by atoms with van der Waals surface area (Å²) < 4.78 is 22.4. The third kappa shape index (κ3) is 6.07. The van der Waals surface area contributed by atoms with Crippen LogP contribution in [0.4, 0.5) is 0 Å². The van der Waals surface area contributed by atoms with Crippen molar-refractivity contribution in [2.45, 2.75) is 31.3 Å². The summed E-state index contributed by atoms with van der Waals surface area (Å²) in [6.45, 7) is 4.90. The second kappa shape index (κ2) is 11.6. The van der Waals surface area contributed by atoms with Gasteiger partial charge < -0.3 is 29.6 Å². The Morgan fingerprint density at radius 2 is 1.69 bits per heavy atom. The van der Waals surface area contributed by atoms with Crippen LogP contribution >= 0.6 is 0 Å². The Kier molecular flexibility index (Phi) is 8.62. The summed E-state index contributed by atoms with van der Waals surface area (Å²) in [4.78, 5) is 4.40. The third-order valence-electron chi connectivity index (χ3n) is 5.92. The van der Waals surface area contributed by atoms with Crippen LogP contribution in [0.5, 0.6) is 17.2 Å². The van der Waals surface area contributed by atoms with Gasteiger partial charge in [-0.15, -0.1) is 0 Å². The molecule has 3 rings (SSSR count). The van der Waals surface area contributed by atoms with Crippen LogP contribution < -0.4 is 24.8 Å². The fraction of sp³-hybridized carbons (Fsp3) is 0.480. The number of nitrogens with one attached hydrogen (secondary N) is 2. The smallest absolute Gasteiger partial charge is 0.191 e. The van der Waals surface area contributed by atoms with Crippen molar-refractivity contribution in [2.75, 3.05) is 47.6 Å². The zero-order valence-electron chi connectivity index (χ0n) is 19.5. The highest BCUT2D eigenvalue weighted by Crippen LogP contribution is 2.35. The van der Waals surface area contributed by atoms with Crippen molar-refractivity contribution in [1.82, 2.24) is 10.6 Å². The average Bonchev–Trinajstić information content (AvgIpc) is 2.85. The van der Waals surface area contributed by atoms with E-state index in [0.717, 1.165) is 55.8 Å². The van der Waals surface area contributed by atoms with Crippen LogP contribution in [0.3, 0.4) is 0 Å². The maximum Gasteiger partial charge on any atom is 0.191 e. The number of benzene rings is 2. The zero-order valence-corrected chi connectivity index (χ0v) is 19.5. The van der Waals surface area contributed by atoms with E-state index in [4.69, 9.17) is 18.9 Å². The number of hydrogen-bond acceptors (Lipinski definition) is 5. The molecule has 2 aromatic carbocycles. The molecule has 174 valence electrons. The van der Waals surface area contributed by atoms with E-state index < -0.39 is 0 Å². The Labute approximate surface area is 191 Å². The number of aliphatic imine (C=N–C) groups is 1. The van der Waals surface area contributed by atoms with Gasteiger partial charge in [0.25, 0.3) is 0 Å². The molecule has 7 heteroatoms. The normalized spacial score (nSPS) is 16.7. The Morgan fingerprint density at radius 1 is 1.00 bits per heavy atom. The van der Waals surface area contributed by atoms with E-state index in [-0.39, 0.29) is 11.5 Å². The molecule has 0 aliphatic carbocycles. The fourth-order valence-corrected chi connectivity index (χ4v) is 3.96. The number of methoxy groups -OCH3 is 2. The molecule has 1 aliphatic heterocycles. The minimum absolute atomic E-state index is 0.0122. The summed E-state index contributed by atoms with van der Waals surface area (Å²) in [5.41, 5.74) is 1.28. The second-order valence-electron chi connectivity index (χ2n) is 8.01. The quantitative estimate of drug-likeness (QED) is 0.459. The highest BCUT2D eigenvalue weighted by molar-refractivity contribution is 5.79. The predicted molar refractivity (Wildman–Crippen MR) is 127 cm³/mol. The topological polar surface area (TPSA) is 73.3 Å². The van der Waals surface area contributed by atoms with Gasteiger partial charge in [0.1, 0.15) is 11.9 Å². The van der Waals surface area contributed by atoms with E-state index in [0.29, 0.717) is 6.54 Å². The molecule has 0 saturated carbocycles. The second-order valence-corrected chi connectivity index (χ2v) is 8.01. The first-order chi connectivity index (χ1) is 15.6. The van der Waals surface area contributed by atoms with Gasteiger partial charge in [-0.05, 0) is 49.6 Å². The van der Waals surface area contributed by atoms with Crippen molar-refractivity contribution < 1.29 is 18.9 Å². The number of guanidine groups is 1. The van der Waals surface area contributed by atoms with Gasteiger partial charge in [0.05, 0.1) is 20.8 Å². The van der Waals surface area contributed by atoms with E-state index in [2.05, 4.69) is 27.8 Å². The molecule has 1 heterocycles. The highest BCUT2D eigenvalue weighted by Gasteiger charge is 2.34. The van der Waals surface area contributed by atoms with E-state index in [9.17, 15) is 0 Å². The maximum atomic E-state index is 6.04. The number of rotatable bonds is 9. The van der Waals surface area contributed by atoms with Gasteiger partial charge in [-0.2, -0.15) is 0 Å². The van der Waals surface area contributed by atoms with Crippen LogP contribution in [-0.2, 0) is 10.2 Å². The first kappa shape index (κ1) is 23.7. The van der Waals surface area contributed by atoms with Crippen molar-refractivity contribution in [3.05, 3.63) is 54.1 Å². The Balaban J connectivity index is 1.58. The zero-order chi connectivity index (χ0) is 22.8. The van der Waals surface area contributed by atoms with Crippen LogP contribution in [0.25, 0.3) is 0 Å². The standard InChI is InChI=1S/C25H35N3O4/c1-19(32-23-8-6-5-7-22(23)30-4)17-27-24(26-2)28-18-25(13-15-31-16-14-25)20-9-11-21(29-3)12-10-20/h5-12,19H,13-18H2,1-4H3,(H2,26,27,28). The van der Waals surface area contributed by atoms with Crippen LogP contribution in [0.1, 0.15) is 25.3 Å². The molecule has 0 aromatic heterocycles. The van der Waals surface area contributed by atoms with Crippen molar-refractivity contribution in [1.29, 1.82) is 0 Å². The summed E-state index contributed by atoms with van der Waals surface area (Å²) in [7, 11) is 5.12. The van der Waals surface area contributed by atoms with Gasteiger partial charge in [-0.25, -0.2) is 0 Å². The molecule has 32 heavy (non-hydrogen) atoms. The van der Waals surface area contributed by atoms with Gasteiger partial charge in [-0.1, -0.05) is 24.3 Å². The number of ether oxygens (including phenoxy) is 4. The summed E-state index contributed by atoms with van der Waals surface area (Å²) in [6, 6.07) is 16.0. The Morgan fingerprint density at radius 3 is 2.31 bits per heavy atom. The van der Waals surface area contributed by atoms with E-state index in [1.54, 1.807) is 21.3 Å². The van der Waals surface area contributed by atoms with Gasteiger partial charge in [-0.3, -0.25) is 4.99 Å². The van der Waals surface area contributed by atoms with Gasteiger partial charge >= 0.3 is 0 Å². The molecule has 1 fully saturated rings. The van der Waals surface area contributed by atoms with Crippen molar-refractivity contribution in [3.8, 4) is 17.2 Å². The first-order valence-corrected chi connectivity index (χ1v) is 11.1.